The summed E-state index contributed by atoms with van der Waals surface area (Å²) in [4.78, 5) is 25.5. The molecule has 0 saturated carbocycles. The van der Waals surface area contributed by atoms with Gasteiger partial charge in [-0.1, -0.05) is 18.2 Å². The number of rotatable bonds is 2. The second-order valence-corrected chi connectivity index (χ2v) is 5.31. The number of fused-ring (bicyclic) bond motifs is 1. The van der Waals surface area contributed by atoms with Crippen LogP contribution in [0.4, 0.5) is 5.69 Å². The molecule has 0 atom stereocenters. The molecule has 0 N–H and O–H groups in total. The van der Waals surface area contributed by atoms with Crippen molar-refractivity contribution in [2.24, 2.45) is 0 Å². The minimum absolute atomic E-state index is 0.0264. The van der Waals surface area contributed by atoms with Crippen LogP contribution in [0.5, 0.6) is 5.75 Å². The van der Waals surface area contributed by atoms with Crippen molar-refractivity contribution in [3.05, 3.63) is 59.7 Å². The Bertz CT molecular complexity index is 707. The van der Waals surface area contributed by atoms with Crippen LogP contribution in [0.25, 0.3) is 0 Å². The van der Waals surface area contributed by atoms with E-state index in [9.17, 15) is 9.59 Å². The van der Waals surface area contributed by atoms with Crippen molar-refractivity contribution in [2.75, 3.05) is 11.4 Å². The number of anilines is 1. The largest absolute Gasteiger partial charge is 0.427 e. The zero-order valence-electron chi connectivity index (χ0n) is 12.4. The van der Waals surface area contributed by atoms with Gasteiger partial charge in [0.25, 0.3) is 5.91 Å². The third-order valence-electron chi connectivity index (χ3n) is 3.72. The third kappa shape index (κ3) is 2.86. The van der Waals surface area contributed by atoms with E-state index in [1.54, 1.807) is 24.3 Å². The van der Waals surface area contributed by atoms with Crippen LogP contribution in [0.1, 0.15) is 29.3 Å². The first kappa shape index (κ1) is 14.3. The normalized spacial score (nSPS) is 13.4. The fourth-order valence-electron chi connectivity index (χ4n) is 2.73. The van der Waals surface area contributed by atoms with Crippen molar-refractivity contribution in [2.45, 2.75) is 19.8 Å². The van der Waals surface area contributed by atoms with E-state index in [2.05, 4.69) is 6.07 Å². The third-order valence-corrected chi connectivity index (χ3v) is 3.72. The van der Waals surface area contributed by atoms with Gasteiger partial charge in [0.05, 0.1) is 0 Å². The van der Waals surface area contributed by atoms with E-state index in [4.69, 9.17) is 4.74 Å². The van der Waals surface area contributed by atoms with Gasteiger partial charge in [-0.3, -0.25) is 9.59 Å². The smallest absolute Gasteiger partial charge is 0.308 e. The highest BCUT2D eigenvalue weighted by Crippen LogP contribution is 2.28. The number of amides is 1. The molecule has 2 aromatic carbocycles. The van der Waals surface area contributed by atoms with Gasteiger partial charge in [-0.15, -0.1) is 0 Å². The SMILES string of the molecule is CC(=O)Oc1ccc(C(=O)N2CCCc3ccccc32)cc1. The predicted molar refractivity (Wildman–Crippen MR) is 84.2 cm³/mol. The first-order valence-electron chi connectivity index (χ1n) is 7.33. The van der Waals surface area contributed by atoms with E-state index >= 15 is 0 Å². The summed E-state index contributed by atoms with van der Waals surface area (Å²) < 4.78 is 4.99. The van der Waals surface area contributed by atoms with E-state index in [1.807, 2.05) is 23.1 Å². The molecule has 0 radical (unpaired) electrons. The number of carbonyl (C=O) groups excluding carboxylic acids is 2. The molecule has 4 heteroatoms. The molecular formula is C18H17NO3. The van der Waals surface area contributed by atoms with Gasteiger partial charge in [0, 0.05) is 24.7 Å². The first-order chi connectivity index (χ1) is 10.6. The zero-order chi connectivity index (χ0) is 15.5. The minimum Gasteiger partial charge on any atom is -0.427 e. The molecule has 3 rings (SSSR count). The molecule has 0 fully saturated rings. The van der Waals surface area contributed by atoms with E-state index in [-0.39, 0.29) is 11.9 Å². The van der Waals surface area contributed by atoms with Gasteiger partial charge in [0.15, 0.2) is 0 Å². The Morgan fingerprint density at radius 2 is 1.77 bits per heavy atom. The molecule has 0 spiro atoms. The number of para-hydroxylation sites is 1. The first-order valence-corrected chi connectivity index (χ1v) is 7.33. The van der Waals surface area contributed by atoms with Crippen molar-refractivity contribution >= 4 is 17.6 Å². The molecule has 1 heterocycles. The van der Waals surface area contributed by atoms with Crippen molar-refractivity contribution < 1.29 is 14.3 Å². The van der Waals surface area contributed by atoms with Crippen molar-refractivity contribution in [1.82, 2.24) is 0 Å². The van der Waals surface area contributed by atoms with Gasteiger partial charge >= 0.3 is 5.97 Å². The predicted octanol–water partition coefficient (Wildman–Crippen LogP) is 3.20. The van der Waals surface area contributed by atoms with Gasteiger partial charge in [0.2, 0.25) is 0 Å². The van der Waals surface area contributed by atoms with Gasteiger partial charge in [-0.05, 0) is 48.7 Å². The topological polar surface area (TPSA) is 46.6 Å². The lowest BCUT2D eigenvalue weighted by molar-refractivity contribution is -0.131. The number of nitrogens with zero attached hydrogens (tertiary/aromatic N) is 1. The number of carbonyl (C=O) groups is 2. The maximum absolute atomic E-state index is 12.7. The van der Waals surface area contributed by atoms with E-state index in [0.29, 0.717) is 11.3 Å². The summed E-state index contributed by atoms with van der Waals surface area (Å²) in [6, 6.07) is 14.7. The molecule has 1 aliphatic rings. The molecule has 0 unspecified atom stereocenters. The zero-order valence-corrected chi connectivity index (χ0v) is 12.4. The Balaban J connectivity index is 1.84. The fraction of sp³-hybridized carbons (Fsp3) is 0.222. The average Bonchev–Trinajstić information content (AvgIpc) is 2.54. The van der Waals surface area contributed by atoms with E-state index < -0.39 is 0 Å². The second kappa shape index (κ2) is 6.02. The van der Waals surface area contributed by atoms with E-state index in [0.717, 1.165) is 25.1 Å². The Labute approximate surface area is 129 Å². The Hall–Kier alpha value is -2.62. The summed E-state index contributed by atoms with van der Waals surface area (Å²) in [5.74, 6) is 0.0497. The lowest BCUT2D eigenvalue weighted by Gasteiger charge is -2.29. The molecule has 1 aliphatic heterocycles. The fourth-order valence-corrected chi connectivity index (χ4v) is 2.73. The molecule has 0 saturated heterocycles. The summed E-state index contributed by atoms with van der Waals surface area (Å²) in [5, 5.41) is 0. The Kier molecular flexibility index (Phi) is 3.92. The number of ether oxygens (including phenoxy) is 1. The number of aryl methyl sites for hydroxylation is 1. The van der Waals surface area contributed by atoms with Crippen LogP contribution in [0.2, 0.25) is 0 Å². The highest BCUT2D eigenvalue weighted by atomic mass is 16.5. The maximum atomic E-state index is 12.7. The number of esters is 1. The van der Waals surface area contributed by atoms with Crippen LogP contribution < -0.4 is 9.64 Å². The molecule has 0 bridgehead atoms. The minimum atomic E-state index is -0.371. The summed E-state index contributed by atoms with van der Waals surface area (Å²) in [6.07, 6.45) is 1.97. The molecular weight excluding hydrogens is 278 g/mol. The lowest BCUT2D eigenvalue weighted by Crippen LogP contribution is -2.35. The van der Waals surface area contributed by atoms with Crippen LogP contribution in [0.3, 0.4) is 0 Å². The standard InChI is InChI=1S/C18H17NO3/c1-13(20)22-16-10-8-15(9-11-16)18(21)19-12-4-6-14-5-2-3-7-17(14)19/h2-3,5,7-11H,4,6,12H2,1H3. The highest BCUT2D eigenvalue weighted by molar-refractivity contribution is 6.06. The molecule has 0 aliphatic carbocycles. The average molecular weight is 295 g/mol. The van der Waals surface area contributed by atoms with Crippen molar-refractivity contribution in [3.8, 4) is 5.75 Å². The quantitative estimate of drug-likeness (QED) is 0.631. The summed E-state index contributed by atoms with van der Waals surface area (Å²) in [5.41, 5.74) is 2.79. The molecule has 2 aromatic rings. The summed E-state index contributed by atoms with van der Waals surface area (Å²) in [7, 11) is 0. The number of hydrogen-bond donors (Lipinski definition) is 0. The maximum Gasteiger partial charge on any atom is 0.308 e. The summed E-state index contributed by atoms with van der Waals surface area (Å²) in [6.45, 7) is 2.07. The van der Waals surface area contributed by atoms with Crippen LogP contribution in [-0.2, 0) is 11.2 Å². The van der Waals surface area contributed by atoms with Crippen LogP contribution in [-0.4, -0.2) is 18.4 Å². The second-order valence-electron chi connectivity index (χ2n) is 5.31. The van der Waals surface area contributed by atoms with Crippen LogP contribution >= 0.6 is 0 Å². The van der Waals surface area contributed by atoms with E-state index in [1.165, 1.54) is 12.5 Å². The molecule has 4 nitrogen and oxygen atoms in total. The van der Waals surface area contributed by atoms with Gasteiger partial charge in [-0.2, -0.15) is 0 Å². The van der Waals surface area contributed by atoms with Gasteiger partial charge in [-0.25, -0.2) is 0 Å². The van der Waals surface area contributed by atoms with Crippen molar-refractivity contribution in [1.29, 1.82) is 0 Å². The molecule has 0 aromatic heterocycles. The number of hydrogen-bond acceptors (Lipinski definition) is 3. The van der Waals surface area contributed by atoms with Gasteiger partial charge in [0.1, 0.15) is 5.75 Å². The van der Waals surface area contributed by atoms with Crippen molar-refractivity contribution in [3.63, 3.8) is 0 Å². The molecule has 1 amide bonds. The highest BCUT2D eigenvalue weighted by Gasteiger charge is 2.23. The summed E-state index contributed by atoms with van der Waals surface area (Å²) >= 11 is 0. The Morgan fingerprint density at radius 3 is 2.50 bits per heavy atom. The van der Waals surface area contributed by atoms with Crippen LogP contribution in [0.15, 0.2) is 48.5 Å². The number of benzene rings is 2. The molecule has 112 valence electrons. The van der Waals surface area contributed by atoms with Crippen LogP contribution in [0, 0.1) is 0 Å². The molecule has 22 heavy (non-hydrogen) atoms. The van der Waals surface area contributed by atoms with Gasteiger partial charge < -0.3 is 9.64 Å². The lowest BCUT2D eigenvalue weighted by atomic mass is 10.0. The monoisotopic (exact) mass is 295 g/mol. The Morgan fingerprint density at radius 1 is 1.05 bits per heavy atom.